The summed E-state index contributed by atoms with van der Waals surface area (Å²) < 4.78 is 38.6. The van der Waals surface area contributed by atoms with Gasteiger partial charge in [0.1, 0.15) is 16.4 Å². The Kier molecular flexibility index (Phi) is 6.10. The zero-order chi connectivity index (χ0) is 20.3. The fourth-order valence-electron chi connectivity index (χ4n) is 3.46. The Morgan fingerprint density at radius 1 is 1.32 bits per heavy atom. The Hall–Kier alpha value is -2.32. The molecule has 1 aromatic carbocycles. The van der Waals surface area contributed by atoms with E-state index in [9.17, 15) is 13.2 Å². The molecule has 2 atom stereocenters. The molecule has 28 heavy (non-hydrogen) atoms. The van der Waals surface area contributed by atoms with Crippen LogP contribution in [0.5, 0.6) is 5.75 Å². The Balaban J connectivity index is 1.90. The molecule has 0 radical (unpaired) electrons. The zero-order valence-electron chi connectivity index (χ0n) is 16.3. The maximum atomic E-state index is 13.3. The highest BCUT2D eigenvalue weighted by atomic mass is 32.2. The first-order valence-corrected chi connectivity index (χ1v) is 10.8. The fraction of sp³-hybridized carbons (Fsp3) is 0.450. The van der Waals surface area contributed by atoms with Crippen LogP contribution in [0.2, 0.25) is 0 Å². The highest BCUT2D eigenvalue weighted by Gasteiger charge is 2.33. The van der Waals surface area contributed by atoms with Gasteiger partial charge < -0.3 is 14.5 Å². The second kappa shape index (κ2) is 8.36. The second-order valence-electron chi connectivity index (χ2n) is 7.04. The molecule has 1 aromatic heterocycles. The molecule has 152 valence electrons. The van der Waals surface area contributed by atoms with E-state index < -0.39 is 10.0 Å². The number of ether oxygens (including phenoxy) is 1. The summed E-state index contributed by atoms with van der Waals surface area (Å²) in [6.07, 6.45) is 4.20. The third kappa shape index (κ3) is 4.07. The average molecular weight is 407 g/mol. The number of carbonyl (C=O) groups excluding carboxylic acids is 1. The topological polar surface area (TPSA) is 88.8 Å². The predicted molar refractivity (Wildman–Crippen MR) is 105 cm³/mol. The molecule has 1 saturated heterocycles. The molecule has 7 nitrogen and oxygen atoms in total. The van der Waals surface area contributed by atoms with Crippen molar-refractivity contribution in [2.24, 2.45) is 0 Å². The summed E-state index contributed by atoms with van der Waals surface area (Å²) in [5, 5.41) is 2.82. The molecule has 2 heterocycles. The van der Waals surface area contributed by atoms with Crippen LogP contribution in [0.25, 0.3) is 0 Å². The Labute approximate surface area is 165 Å². The summed E-state index contributed by atoms with van der Waals surface area (Å²) in [6, 6.07) is 7.56. The van der Waals surface area contributed by atoms with Crippen LogP contribution in [0, 0.1) is 0 Å². The van der Waals surface area contributed by atoms with Crippen molar-refractivity contribution in [1.82, 2.24) is 9.62 Å². The SMILES string of the molecule is COc1ccc(C(=O)N[C@@H](C)c2ccco2)cc1S(=O)(=O)N1CCCC[C@H]1C. The van der Waals surface area contributed by atoms with E-state index >= 15 is 0 Å². The number of rotatable bonds is 6. The summed E-state index contributed by atoms with van der Waals surface area (Å²) in [5.41, 5.74) is 0.252. The minimum atomic E-state index is -3.77. The minimum Gasteiger partial charge on any atom is -0.495 e. The molecule has 0 saturated carbocycles. The van der Waals surface area contributed by atoms with Crippen LogP contribution in [0.3, 0.4) is 0 Å². The molecule has 1 fully saturated rings. The van der Waals surface area contributed by atoms with Gasteiger partial charge in [-0.2, -0.15) is 4.31 Å². The average Bonchev–Trinajstić information content (AvgIpc) is 3.22. The van der Waals surface area contributed by atoms with E-state index in [1.165, 1.54) is 29.8 Å². The molecule has 0 aliphatic carbocycles. The molecule has 2 aromatic rings. The number of nitrogens with one attached hydrogen (secondary N) is 1. The maximum Gasteiger partial charge on any atom is 0.251 e. The highest BCUT2D eigenvalue weighted by Crippen LogP contribution is 2.31. The number of hydrogen-bond donors (Lipinski definition) is 1. The van der Waals surface area contributed by atoms with Crippen molar-refractivity contribution in [2.45, 2.75) is 50.1 Å². The number of piperidine rings is 1. The van der Waals surface area contributed by atoms with Gasteiger partial charge in [0.05, 0.1) is 19.4 Å². The first kappa shape index (κ1) is 20.4. The summed E-state index contributed by atoms with van der Waals surface area (Å²) in [5.74, 6) is 0.472. The van der Waals surface area contributed by atoms with Crippen LogP contribution >= 0.6 is 0 Å². The summed E-state index contributed by atoms with van der Waals surface area (Å²) in [6.45, 7) is 4.18. The highest BCUT2D eigenvalue weighted by molar-refractivity contribution is 7.89. The summed E-state index contributed by atoms with van der Waals surface area (Å²) in [7, 11) is -2.35. The number of carbonyl (C=O) groups is 1. The smallest absolute Gasteiger partial charge is 0.251 e. The molecular weight excluding hydrogens is 380 g/mol. The Morgan fingerprint density at radius 3 is 2.75 bits per heavy atom. The molecule has 0 bridgehead atoms. The van der Waals surface area contributed by atoms with Gasteiger partial charge in [0.15, 0.2) is 0 Å². The van der Waals surface area contributed by atoms with Crippen molar-refractivity contribution in [2.75, 3.05) is 13.7 Å². The van der Waals surface area contributed by atoms with Gasteiger partial charge in [-0.25, -0.2) is 8.42 Å². The van der Waals surface area contributed by atoms with E-state index in [0.717, 1.165) is 19.3 Å². The van der Waals surface area contributed by atoms with Crippen molar-refractivity contribution < 1.29 is 22.4 Å². The van der Waals surface area contributed by atoms with Gasteiger partial charge in [0.2, 0.25) is 10.0 Å². The van der Waals surface area contributed by atoms with E-state index in [4.69, 9.17) is 9.15 Å². The second-order valence-corrected chi connectivity index (χ2v) is 8.90. The van der Waals surface area contributed by atoms with Crippen LogP contribution in [0.15, 0.2) is 45.9 Å². The van der Waals surface area contributed by atoms with E-state index in [1.807, 2.05) is 6.92 Å². The van der Waals surface area contributed by atoms with Crippen molar-refractivity contribution >= 4 is 15.9 Å². The van der Waals surface area contributed by atoms with E-state index in [0.29, 0.717) is 12.3 Å². The lowest BCUT2D eigenvalue weighted by molar-refractivity contribution is 0.0935. The van der Waals surface area contributed by atoms with Crippen LogP contribution < -0.4 is 10.1 Å². The quantitative estimate of drug-likeness (QED) is 0.795. The molecular formula is C20H26N2O5S. The van der Waals surface area contributed by atoms with E-state index in [1.54, 1.807) is 25.1 Å². The number of sulfonamides is 1. The van der Waals surface area contributed by atoms with Crippen LogP contribution in [-0.4, -0.2) is 38.3 Å². The van der Waals surface area contributed by atoms with Gasteiger partial charge in [-0.1, -0.05) is 6.42 Å². The van der Waals surface area contributed by atoms with Gasteiger partial charge >= 0.3 is 0 Å². The number of hydrogen-bond acceptors (Lipinski definition) is 5. The molecule has 1 aliphatic rings. The van der Waals surface area contributed by atoms with E-state index in [-0.39, 0.29) is 34.2 Å². The number of methoxy groups -OCH3 is 1. The lowest BCUT2D eigenvalue weighted by Crippen LogP contribution is -2.42. The largest absolute Gasteiger partial charge is 0.495 e. The zero-order valence-corrected chi connectivity index (χ0v) is 17.2. The van der Waals surface area contributed by atoms with Crippen LogP contribution in [0.4, 0.5) is 0 Å². The summed E-state index contributed by atoms with van der Waals surface area (Å²) >= 11 is 0. The monoisotopic (exact) mass is 406 g/mol. The maximum absolute atomic E-state index is 13.3. The van der Waals surface area contributed by atoms with Gasteiger partial charge in [0, 0.05) is 18.2 Å². The van der Waals surface area contributed by atoms with Crippen molar-refractivity contribution in [3.05, 3.63) is 47.9 Å². The lowest BCUT2D eigenvalue weighted by atomic mass is 10.1. The van der Waals surface area contributed by atoms with Gasteiger partial charge in [0.25, 0.3) is 5.91 Å². The number of nitrogens with zero attached hydrogens (tertiary/aromatic N) is 1. The summed E-state index contributed by atoms with van der Waals surface area (Å²) in [4.78, 5) is 12.7. The van der Waals surface area contributed by atoms with Crippen molar-refractivity contribution in [3.8, 4) is 5.75 Å². The Morgan fingerprint density at radius 2 is 2.11 bits per heavy atom. The van der Waals surface area contributed by atoms with Gasteiger partial charge in [-0.05, 0) is 57.0 Å². The van der Waals surface area contributed by atoms with Crippen molar-refractivity contribution in [1.29, 1.82) is 0 Å². The lowest BCUT2D eigenvalue weighted by Gasteiger charge is -2.32. The van der Waals surface area contributed by atoms with Gasteiger partial charge in [-0.15, -0.1) is 0 Å². The molecule has 1 N–H and O–H groups in total. The molecule has 1 amide bonds. The van der Waals surface area contributed by atoms with Crippen molar-refractivity contribution in [3.63, 3.8) is 0 Å². The Bertz CT molecular complexity index is 924. The standard InChI is InChI=1S/C20H26N2O5S/c1-14-7-4-5-11-22(14)28(24,25)19-13-16(9-10-18(19)26-3)20(23)21-15(2)17-8-6-12-27-17/h6,8-10,12-15H,4-5,7,11H2,1-3H3,(H,21,23)/t14-,15+/m1/s1. The normalized spacial score (nSPS) is 19.2. The molecule has 0 unspecified atom stereocenters. The predicted octanol–water partition coefficient (Wildman–Crippen LogP) is 3.34. The number of furan rings is 1. The van der Waals surface area contributed by atoms with Gasteiger partial charge in [-0.3, -0.25) is 4.79 Å². The molecule has 0 spiro atoms. The minimum absolute atomic E-state index is 0.0158. The first-order valence-electron chi connectivity index (χ1n) is 9.38. The third-order valence-corrected chi connectivity index (χ3v) is 7.11. The number of benzene rings is 1. The third-order valence-electron chi connectivity index (χ3n) is 5.07. The number of amides is 1. The fourth-order valence-corrected chi connectivity index (χ4v) is 5.35. The van der Waals surface area contributed by atoms with Crippen LogP contribution in [0.1, 0.15) is 55.3 Å². The van der Waals surface area contributed by atoms with E-state index in [2.05, 4.69) is 5.32 Å². The van der Waals surface area contributed by atoms with Crippen LogP contribution in [-0.2, 0) is 10.0 Å². The molecule has 1 aliphatic heterocycles. The first-order chi connectivity index (χ1) is 13.3. The molecule has 3 rings (SSSR count). The molecule has 8 heteroatoms.